The van der Waals surface area contributed by atoms with Crippen LogP contribution in [0.15, 0.2) is 41.3 Å². The van der Waals surface area contributed by atoms with E-state index in [1.807, 2.05) is 52.0 Å². The van der Waals surface area contributed by atoms with Gasteiger partial charge in [0.05, 0.1) is 17.3 Å². The summed E-state index contributed by atoms with van der Waals surface area (Å²) >= 11 is 0. The van der Waals surface area contributed by atoms with Gasteiger partial charge in [-0.1, -0.05) is 12.1 Å². The van der Waals surface area contributed by atoms with E-state index in [1.165, 1.54) is 6.33 Å². The Bertz CT molecular complexity index is 848. The van der Waals surface area contributed by atoms with E-state index in [0.29, 0.717) is 11.3 Å². The highest BCUT2D eigenvalue weighted by Crippen LogP contribution is 2.22. The molecule has 0 radical (unpaired) electrons. The highest BCUT2D eigenvalue weighted by Gasteiger charge is 2.20. The van der Waals surface area contributed by atoms with Crippen LogP contribution in [0.25, 0.3) is 5.69 Å². The number of carbonyl (C=O) groups is 1. The Balaban J connectivity index is 1.75. The van der Waals surface area contributed by atoms with Crippen LogP contribution >= 0.6 is 0 Å². The molecule has 1 atom stereocenters. The Hall–Kier alpha value is -2.89. The maximum Gasteiger partial charge on any atom is 0.255 e. The second-order valence-electron chi connectivity index (χ2n) is 5.84. The van der Waals surface area contributed by atoms with Gasteiger partial charge in [-0.15, -0.1) is 0 Å². The van der Waals surface area contributed by atoms with Gasteiger partial charge >= 0.3 is 0 Å². The topological polar surface area (TPSA) is 73.0 Å². The molecule has 0 aliphatic rings. The SMILES string of the molecule is Cc1oc(C)c(C(=O)N[C@@H](C)c2ccc(-n3cncn3)cc2)c1C. The number of nitrogens with one attached hydrogen (secondary N) is 1. The van der Waals surface area contributed by atoms with Crippen LogP contribution in [0.5, 0.6) is 0 Å². The Kier molecular flexibility index (Phi) is 4.20. The third kappa shape index (κ3) is 2.95. The van der Waals surface area contributed by atoms with Gasteiger partial charge in [-0.25, -0.2) is 9.67 Å². The molecule has 2 heterocycles. The molecule has 6 nitrogen and oxygen atoms in total. The lowest BCUT2D eigenvalue weighted by Gasteiger charge is -2.15. The molecule has 3 aromatic rings. The average Bonchev–Trinajstić information content (AvgIpc) is 3.16. The molecule has 2 aromatic heterocycles. The molecule has 0 saturated heterocycles. The van der Waals surface area contributed by atoms with Crippen LogP contribution in [0.2, 0.25) is 0 Å². The highest BCUT2D eigenvalue weighted by atomic mass is 16.3. The van der Waals surface area contributed by atoms with E-state index in [2.05, 4.69) is 15.4 Å². The van der Waals surface area contributed by atoms with E-state index in [0.717, 1.165) is 22.6 Å². The smallest absolute Gasteiger partial charge is 0.255 e. The zero-order chi connectivity index (χ0) is 17.3. The van der Waals surface area contributed by atoms with Gasteiger partial charge in [0.25, 0.3) is 5.91 Å². The second-order valence-corrected chi connectivity index (χ2v) is 5.84. The number of nitrogens with zero attached hydrogens (tertiary/aromatic N) is 3. The lowest BCUT2D eigenvalue weighted by molar-refractivity contribution is 0.0938. The summed E-state index contributed by atoms with van der Waals surface area (Å²) in [5, 5.41) is 7.12. The number of amides is 1. The van der Waals surface area contributed by atoms with Crippen LogP contribution in [0, 0.1) is 20.8 Å². The summed E-state index contributed by atoms with van der Waals surface area (Å²) < 4.78 is 7.22. The maximum atomic E-state index is 12.5. The fourth-order valence-corrected chi connectivity index (χ4v) is 2.74. The summed E-state index contributed by atoms with van der Waals surface area (Å²) in [5.41, 5.74) is 3.45. The van der Waals surface area contributed by atoms with Crippen molar-refractivity contribution in [3.63, 3.8) is 0 Å². The van der Waals surface area contributed by atoms with Crippen molar-refractivity contribution in [3.8, 4) is 5.69 Å². The van der Waals surface area contributed by atoms with Gasteiger partial charge in [-0.05, 0) is 45.4 Å². The Labute approximate surface area is 140 Å². The number of aryl methyl sites for hydroxylation is 2. The van der Waals surface area contributed by atoms with Gasteiger partial charge < -0.3 is 9.73 Å². The van der Waals surface area contributed by atoms with Crippen molar-refractivity contribution >= 4 is 5.91 Å². The average molecular weight is 324 g/mol. The van der Waals surface area contributed by atoms with E-state index in [4.69, 9.17) is 4.42 Å². The summed E-state index contributed by atoms with van der Waals surface area (Å²) in [6.07, 6.45) is 3.14. The van der Waals surface area contributed by atoms with Gasteiger partial charge in [0.15, 0.2) is 0 Å². The van der Waals surface area contributed by atoms with Crippen molar-refractivity contribution in [3.05, 3.63) is 65.1 Å². The standard InChI is InChI=1S/C18H20N4O2/c1-11-13(3)24-14(4)17(11)18(23)21-12(2)15-5-7-16(8-6-15)22-10-19-9-20-22/h5-10,12H,1-4H3,(H,21,23)/t12-/m0/s1. The van der Waals surface area contributed by atoms with Gasteiger partial charge in [-0.2, -0.15) is 5.10 Å². The molecule has 3 rings (SSSR count). The molecule has 124 valence electrons. The van der Waals surface area contributed by atoms with Crippen LogP contribution in [0.3, 0.4) is 0 Å². The molecule has 1 aromatic carbocycles. The molecule has 6 heteroatoms. The predicted octanol–water partition coefficient (Wildman–Crippen LogP) is 3.28. The molecular weight excluding hydrogens is 304 g/mol. The number of aromatic nitrogens is 3. The first-order chi connectivity index (χ1) is 11.5. The van der Waals surface area contributed by atoms with E-state index < -0.39 is 0 Å². The molecule has 1 N–H and O–H groups in total. The van der Waals surface area contributed by atoms with Crippen LogP contribution in [-0.2, 0) is 0 Å². The number of rotatable bonds is 4. The molecule has 1 amide bonds. The largest absolute Gasteiger partial charge is 0.466 e. The van der Waals surface area contributed by atoms with Gasteiger partial charge in [0.2, 0.25) is 0 Å². The number of hydrogen-bond donors (Lipinski definition) is 1. The summed E-state index contributed by atoms with van der Waals surface area (Å²) in [7, 11) is 0. The van der Waals surface area contributed by atoms with Crippen LogP contribution in [-0.4, -0.2) is 20.7 Å². The molecule has 0 aliphatic heterocycles. The number of furan rings is 1. The minimum Gasteiger partial charge on any atom is -0.466 e. The number of hydrogen-bond acceptors (Lipinski definition) is 4. The minimum atomic E-state index is -0.116. The molecule has 0 fully saturated rings. The monoisotopic (exact) mass is 324 g/mol. The molecule has 0 saturated carbocycles. The maximum absolute atomic E-state index is 12.5. The summed E-state index contributed by atoms with van der Waals surface area (Å²) in [6, 6.07) is 7.73. The molecular formula is C18H20N4O2. The zero-order valence-electron chi connectivity index (χ0n) is 14.2. The zero-order valence-corrected chi connectivity index (χ0v) is 14.2. The van der Waals surface area contributed by atoms with Crippen molar-refractivity contribution in [1.82, 2.24) is 20.1 Å². The summed E-state index contributed by atoms with van der Waals surface area (Å²) in [5.74, 6) is 1.31. The summed E-state index contributed by atoms with van der Waals surface area (Å²) in [4.78, 5) is 16.5. The van der Waals surface area contributed by atoms with Crippen molar-refractivity contribution in [1.29, 1.82) is 0 Å². The fraction of sp³-hybridized carbons (Fsp3) is 0.278. The minimum absolute atomic E-state index is 0.115. The van der Waals surface area contributed by atoms with E-state index in [1.54, 1.807) is 11.0 Å². The molecule has 0 bridgehead atoms. The van der Waals surface area contributed by atoms with E-state index in [9.17, 15) is 4.79 Å². The first-order valence-electron chi connectivity index (χ1n) is 7.79. The highest BCUT2D eigenvalue weighted by molar-refractivity contribution is 5.97. The van der Waals surface area contributed by atoms with Crippen molar-refractivity contribution in [2.75, 3.05) is 0 Å². The third-order valence-electron chi connectivity index (χ3n) is 4.21. The predicted molar refractivity (Wildman–Crippen MR) is 90.2 cm³/mol. The van der Waals surface area contributed by atoms with E-state index >= 15 is 0 Å². The Morgan fingerprint density at radius 1 is 1.17 bits per heavy atom. The quantitative estimate of drug-likeness (QED) is 0.799. The van der Waals surface area contributed by atoms with Crippen molar-refractivity contribution < 1.29 is 9.21 Å². The van der Waals surface area contributed by atoms with Gasteiger partial charge in [0.1, 0.15) is 24.2 Å². The molecule has 24 heavy (non-hydrogen) atoms. The van der Waals surface area contributed by atoms with Crippen molar-refractivity contribution in [2.24, 2.45) is 0 Å². The Morgan fingerprint density at radius 2 is 1.88 bits per heavy atom. The van der Waals surface area contributed by atoms with Gasteiger partial charge in [-0.3, -0.25) is 4.79 Å². The van der Waals surface area contributed by atoms with Crippen molar-refractivity contribution in [2.45, 2.75) is 33.7 Å². The molecule has 0 aliphatic carbocycles. The van der Waals surface area contributed by atoms with Crippen LogP contribution < -0.4 is 5.32 Å². The van der Waals surface area contributed by atoms with Gasteiger partial charge in [0, 0.05) is 5.56 Å². The van der Waals surface area contributed by atoms with Crippen LogP contribution in [0.4, 0.5) is 0 Å². The molecule has 0 spiro atoms. The summed E-state index contributed by atoms with van der Waals surface area (Å²) in [6.45, 7) is 7.54. The first kappa shape index (κ1) is 16.0. The second kappa shape index (κ2) is 6.31. The van der Waals surface area contributed by atoms with E-state index in [-0.39, 0.29) is 11.9 Å². The normalized spacial score (nSPS) is 12.2. The lowest BCUT2D eigenvalue weighted by Crippen LogP contribution is -2.27. The molecule has 0 unspecified atom stereocenters. The lowest BCUT2D eigenvalue weighted by atomic mass is 10.1. The Morgan fingerprint density at radius 3 is 2.42 bits per heavy atom. The fourth-order valence-electron chi connectivity index (χ4n) is 2.74. The third-order valence-corrected chi connectivity index (χ3v) is 4.21. The number of carbonyl (C=O) groups excluding carboxylic acids is 1. The van der Waals surface area contributed by atoms with Crippen LogP contribution in [0.1, 0.15) is 46.0 Å². The number of benzene rings is 1. The first-order valence-corrected chi connectivity index (χ1v) is 7.79.